The van der Waals surface area contributed by atoms with Gasteiger partial charge < -0.3 is 15.2 Å². The zero-order chi connectivity index (χ0) is 13.9. The minimum Gasteiger partial charge on any atom is -0.481 e. The van der Waals surface area contributed by atoms with Gasteiger partial charge >= 0.3 is 5.97 Å². The third kappa shape index (κ3) is 3.00. The topological polar surface area (TPSA) is 88.0 Å². The first-order valence-electron chi connectivity index (χ1n) is 6.05. The zero-order valence-electron chi connectivity index (χ0n) is 11.2. The highest BCUT2D eigenvalue weighted by Gasteiger charge is 2.43. The number of hydrogen-bond donors (Lipinski definition) is 2. The Kier molecular flexibility index (Phi) is 4.32. The molecule has 102 valence electrons. The van der Waals surface area contributed by atoms with Gasteiger partial charge in [-0.3, -0.25) is 9.59 Å². The van der Waals surface area contributed by atoms with Crippen LogP contribution in [0.2, 0.25) is 0 Å². The number of aliphatic imine (C=N–C) groups is 1. The summed E-state index contributed by atoms with van der Waals surface area (Å²) < 4.78 is 5.42. The van der Waals surface area contributed by atoms with Gasteiger partial charge in [-0.05, 0) is 19.8 Å². The van der Waals surface area contributed by atoms with Crippen LogP contribution < -0.4 is 5.32 Å². The number of carboxylic acids is 1. The minimum absolute atomic E-state index is 0.133. The van der Waals surface area contributed by atoms with Crippen molar-refractivity contribution in [2.24, 2.45) is 10.9 Å². The molecule has 0 aliphatic carbocycles. The minimum atomic E-state index is -1.29. The van der Waals surface area contributed by atoms with E-state index in [0.29, 0.717) is 12.5 Å². The highest BCUT2D eigenvalue weighted by Crippen LogP contribution is 2.23. The Balaban J connectivity index is 3.08. The van der Waals surface area contributed by atoms with Gasteiger partial charge in [-0.2, -0.15) is 0 Å². The summed E-state index contributed by atoms with van der Waals surface area (Å²) in [6.45, 7) is 7.65. The van der Waals surface area contributed by atoms with E-state index < -0.39 is 11.5 Å². The van der Waals surface area contributed by atoms with Crippen LogP contribution in [0.4, 0.5) is 0 Å². The van der Waals surface area contributed by atoms with Gasteiger partial charge in [-0.1, -0.05) is 13.8 Å². The monoisotopic (exact) mass is 256 g/mol. The fraction of sp³-hybridized carbons (Fsp3) is 0.750. The summed E-state index contributed by atoms with van der Waals surface area (Å²) in [5.41, 5.74) is -1.29. The molecule has 1 heterocycles. The quantitative estimate of drug-likeness (QED) is 0.779. The van der Waals surface area contributed by atoms with Crippen molar-refractivity contribution in [3.8, 4) is 0 Å². The van der Waals surface area contributed by atoms with E-state index in [2.05, 4.69) is 10.3 Å². The molecular weight excluding hydrogens is 236 g/mol. The first kappa shape index (κ1) is 14.5. The zero-order valence-corrected chi connectivity index (χ0v) is 11.2. The molecule has 1 aliphatic rings. The molecule has 0 aromatic rings. The average molecular weight is 256 g/mol. The lowest BCUT2D eigenvalue weighted by atomic mass is 9.92. The SMILES string of the molecule is CCOC1=N[C@@](C)(CC(=O)O)C(=O)N[C@H]1C(C)C. The van der Waals surface area contributed by atoms with Crippen molar-refractivity contribution < 1.29 is 19.4 Å². The van der Waals surface area contributed by atoms with E-state index in [1.54, 1.807) is 0 Å². The summed E-state index contributed by atoms with van der Waals surface area (Å²) in [5, 5.41) is 11.6. The van der Waals surface area contributed by atoms with Crippen molar-refractivity contribution in [1.82, 2.24) is 5.32 Å². The van der Waals surface area contributed by atoms with Crippen LogP contribution >= 0.6 is 0 Å². The number of nitrogens with zero attached hydrogens (tertiary/aromatic N) is 1. The molecule has 0 bridgehead atoms. The van der Waals surface area contributed by atoms with Gasteiger partial charge in [0.2, 0.25) is 11.8 Å². The predicted octanol–water partition coefficient (Wildman–Crippen LogP) is 0.809. The number of rotatable bonds is 4. The lowest BCUT2D eigenvalue weighted by Crippen LogP contribution is -2.58. The van der Waals surface area contributed by atoms with Crippen LogP contribution in [-0.2, 0) is 14.3 Å². The molecule has 0 fully saturated rings. The highest BCUT2D eigenvalue weighted by molar-refractivity contribution is 5.99. The van der Waals surface area contributed by atoms with Crippen molar-refractivity contribution in [2.75, 3.05) is 6.61 Å². The largest absolute Gasteiger partial charge is 0.481 e. The van der Waals surface area contributed by atoms with Crippen LogP contribution in [-0.4, -0.2) is 41.1 Å². The Morgan fingerprint density at radius 2 is 2.22 bits per heavy atom. The number of hydrogen-bond acceptors (Lipinski definition) is 4. The third-order valence-corrected chi connectivity index (χ3v) is 2.85. The normalized spacial score (nSPS) is 27.7. The molecule has 1 amide bonds. The predicted molar refractivity (Wildman–Crippen MR) is 66.5 cm³/mol. The van der Waals surface area contributed by atoms with Crippen molar-refractivity contribution in [3.63, 3.8) is 0 Å². The summed E-state index contributed by atoms with van der Waals surface area (Å²) in [6, 6.07) is -0.292. The Bertz CT molecular complexity index is 378. The molecular formula is C12H20N2O4. The lowest BCUT2D eigenvalue weighted by molar-refractivity contribution is -0.142. The van der Waals surface area contributed by atoms with E-state index >= 15 is 0 Å². The molecule has 0 aromatic carbocycles. The standard InChI is InChI=1S/C12H20N2O4/c1-5-18-10-9(7(2)3)13-11(17)12(4,14-10)6-8(15)16/h7,9H,5-6H2,1-4H3,(H,13,17)(H,15,16)/t9-,12-/m0/s1. The maximum Gasteiger partial charge on any atom is 0.306 e. The summed E-state index contributed by atoms with van der Waals surface area (Å²) >= 11 is 0. The fourth-order valence-electron chi connectivity index (χ4n) is 1.86. The fourth-order valence-corrected chi connectivity index (χ4v) is 1.86. The summed E-state index contributed by atoms with van der Waals surface area (Å²) in [6.07, 6.45) is -0.347. The molecule has 0 unspecified atom stereocenters. The molecule has 18 heavy (non-hydrogen) atoms. The van der Waals surface area contributed by atoms with E-state index in [1.807, 2.05) is 20.8 Å². The van der Waals surface area contributed by atoms with Gasteiger partial charge in [-0.15, -0.1) is 0 Å². The van der Waals surface area contributed by atoms with Crippen molar-refractivity contribution >= 4 is 17.8 Å². The number of carbonyl (C=O) groups is 2. The molecule has 0 saturated carbocycles. The van der Waals surface area contributed by atoms with Gasteiger partial charge in [0.25, 0.3) is 0 Å². The van der Waals surface area contributed by atoms with Crippen LogP contribution in [0.5, 0.6) is 0 Å². The lowest BCUT2D eigenvalue weighted by Gasteiger charge is -2.35. The van der Waals surface area contributed by atoms with E-state index in [9.17, 15) is 9.59 Å². The maximum atomic E-state index is 12.0. The molecule has 0 spiro atoms. The van der Waals surface area contributed by atoms with Gasteiger partial charge in [0, 0.05) is 0 Å². The molecule has 0 radical (unpaired) electrons. The van der Waals surface area contributed by atoms with E-state index in [1.165, 1.54) is 6.92 Å². The van der Waals surface area contributed by atoms with Gasteiger partial charge in [0.15, 0.2) is 5.54 Å². The molecule has 6 heteroatoms. The maximum absolute atomic E-state index is 12.0. The Morgan fingerprint density at radius 1 is 1.61 bits per heavy atom. The Hall–Kier alpha value is -1.59. The first-order valence-corrected chi connectivity index (χ1v) is 6.05. The number of nitrogens with one attached hydrogen (secondary N) is 1. The van der Waals surface area contributed by atoms with E-state index in [4.69, 9.17) is 9.84 Å². The number of aliphatic carboxylic acids is 1. The molecule has 0 aromatic heterocycles. The number of ether oxygens (including phenoxy) is 1. The van der Waals surface area contributed by atoms with Crippen molar-refractivity contribution in [3.05, 3.63) is 0 Å². The second-order valence-electron chi connectivity index (χ2n) is 4.92. The molecule has 1 aliphatic heterocycles. The first-order chi connectivity index (χ1) is 8.30. The molecule has 2 N–H and O–H groups in total. The van der Waals surface area contributed by atoms with Crippen LogP contribution in [0.15, 0.2) is 4.99 Å². The van der Waals surface area contributed by atoms with Gasteiger partial charge in [0.1, 0.15) is 6.04 Å². The Labute approximate surface area is 106 Å². The smallest absolute Gasteiger partial charge is 0.306 e. The van der Waals surface area contributed by atoms with Crippen LogP contribution in [0.3, 0.4) is 0 Å². The second kappa shape index (κ2) is 5.37. The van der Waals surface area contributed by atoms with Crippen LogP contribution in [0.25, 0.3) is 0 Å². The van der Waals surface area contributed by atoms with E-state index in [0.717, 1.165) is 0 Å². The summed E-state index contributed by atoms with van der Waals surface area (Å²) in [7, 11) is 0. The van der Waals surface area contributed by atoms with Crippen LogP contribution in [0.1, 0.15) is 34.1 Å². The van der Waals surface area contributed by atoms with Crippen molar-refractivity contribution in [1.29, 1.82) is 0 Å². The number of carbonyl (C=O) groups excluding carboxylic acids is 1. The van der Waals surface area contributed by atoms with Gasteiger partial charge in [-0.25, -0.2) is 4.99 Å². The third-order valence-electron chi connectivity index (χ3n) is 2.85. The molecule has 2 atom stereocenters. The van der Waals surface area contributed by atoms with Crippen LogP contribution in [0, 0.1) is 5.92 Å². The summed E-state index contributed by atoms with van der Waals surface area (Å²) in [4.78, 5) is 27.0. The van der Waals surface area contributed by atoms with E-state index in [-0.39, 0.29) is 24.3 Å². The van der Waals surface area contributed by atoms with Gasteiger partial charge in [0.05, 0.1) is 13.0 Å². The number of amides is 1. The molecule has 6 nitrogen and oxygen atoms in total. The molecule has 0 saturated heterocycles. The van der Waals surface area contributed by atoms with Crippen molar-refractivity contribution in [2.45, 2.75) is 45.7 Å². The Morgan fingerprint density at radius 3 is 2.67 bits per heavy atom. The average Bonchev–Trinajstić information content (AvgIpc) is 2.22. The molecule has 1 rings (SSSR count). The summed E-state index contributed by atoms with van der Waals surface area (Å²) in [5.74, 6) is -0.883. The second-order valence-corrected chi connectivity index (χ2v) is 4.92. The highest BCUT2D eigenvalue weighted by atomic mass is 16.5. The number of carboxylic acid groups (broad SMARTS) is 1.